The summed E-state index contributed by atoms with van der Waals surface area (Å²) in [6.07, 6.45) is 0. The van der Waals surface area contributed by atoms with Crippen molar-refractivity contribution in [2.24, 2.45) is 0 Å². The van der Waals surface area contributed by atoms with Crippen molar-refractivity contribution < 1.29 is 9.59 Å². The van der Waals surface area contributed by atoms with E-state index in [9.17, 15) is 9.59 Å². The van der Waals surface area contributed by atoms with E-state index in [1.165, 1.54) is 0 Å². The fourth-order valence-corrected chi connectivity index (χ4v) is 2.05. The molecule has 0 aromatic heterocycles. The van der Waals surface area contributed by atoms with Crippen LogP contribution in [0, 0.1) is 0 Å². The van der Waals surface area contributed by atoms with Gasteiger partial charge >= 0.3 is 10.1 Å². The minimum absolute atomic E-state index is 0. The number of fused-ring (bicyclic) bond motifs is 2. The summed E-state index contributed by atoms with van der Waals surface area (Å²) < 4.78 is 0. The molecule has 0 unspecified atom stereocenters. The molecule has 0 fully saturated rings. The molecule has 3 heteroatoms. The molecule has 0 radical (unpaired) electrons. The van der Waals surface area contributed by atoms with E-state index >= 15 is 0 Å². The number of hydrogen-bond acceptors (Lipinski definition) is 2. The summed E-state index contributed by atoms with van der Waals surface area (Å²) in [5, 5.41) is 0. The van der Waals surface area contributed by atoms with Crippen molar-refractivity contribution in [3.8, 4) is 0 Å². The van der Waals surface area contributed by atoms with Gasteiger partial charge in [-0.05, 0) is 0 Å². The first-order valence-corrected chi connectivity index (χ1v) is 5.06. The fourth-order valence-electron chi connectivity index (χ4n) is 2.05. The van der Waals surface area contributed by atoms with Crippen molar-refractivity contribution in [3.63, 3.8) is 0 Å². The normalized spacial score (nSPS) is 12.5. The van der Waals surface area contributed by atoms with Crippen LogP contribution in [0.5, 0.6) is 0 Å². The Bertz CT molecular complexity index is 512. The van der Waals surface area contributed by atoms with Crippen LogP contribution in [0.1, 0.15) is 31.8 Å². The summed E-state index contributed by atoms with van der Waals surface area (Å²) >= 11 is 0. The van der Waals surface area contributed by atoms with E-state index in [-0.39, 0.29) is 21.7 Å². The number of carbonyl (C=O) groups excluding carboxylic acids is 2. The zero-order valence-electron chi connectivity index (χ0n) is 8.44. The van der Waals surface area contributed by atoms with Gasteiger partial charge < -0.3 is 0 Å². The summed E-state index contributed by atoms with van der Waals surface area (Å²) in [5.41, 5.74) is 2.02. The van der Waals surface area contributed by atoms with Gasteiger partial charge in [-0.25, -0.2) is 0 Å². The molecule has 0 aliphatic heterocycles. The van der Waals surface area contributed by atoms with Crippen molar-refractivity contribution in [1.82, 2.24) is 0 Å². The zero-order chi connectivity index (χ0) is 11.1. The number of benzene rings is 2. The van der Waals surface area contributed by atoms with Crippen LogP contribution >= 0.6 is 0 Å². The molecule has 0 heterocycles. The second kappa shape index (κ2) is 4.08. The van der Waals surface area contributed by atoms with E-state index in [0.29, 0.717) is 22.3 Å². The third-order valence-corrected chi connectivity index (χ3v) is 2.83. The van der Waals surface area contributed by atoms with Crippen LogP contribution in [-0.2, 0) is 0 Å². The van der Waals surface area contributed by atoms with Gasteiger partial charge in [0.15, 0.2) is 11.6 Å². The molecule has 1 aliphatic carbocycles. The van der Waals surface area contributed by atoms with Gasteiger partial charge in [0.25, 0.3) is 0 Å². The van der Waals surface area contributed by atoms with Gasteiger partial charge in [-0.3, -0.25) is 9.59 Å². The molecular weight excluding hydrogens is 209 g/mol. The molecule has 0 saturated heterocycles. The van der Waals surface area contributed by atoms with Crippen LogP contribution < -0.4 is 0 Å². The summed E-state index contributed by atoms with van der Waals surface area (Å²) in [4.78, 5) is 24.2. The summed E-state index contributed by atoms with van der Waals surface area (Å²) in [6, 6.07) is 13.9. The molecule has 2 aromatic rings. The first-order chi connectivity index (χ1) is 7.79. The summed E-state index contributed by atoms with van der Waals surface area (Å²) in [5.74, 6) is -0.128. The molecule has 0 bridgehead atoms. The van der Waals surface area contributed by atoms with Crippen molar-refractivity contribution in [2.75, 3.05) is 0 Å². The Morgan fingerprint density at radius 2 is 0.765 bits per heavy atom. The zero-order valence-corrected chi connectivity index (χ0v) is 8.44. The Hall–Kier alpha value is -2.05. The standard InChI is InChI=1S/C14H8O2.Be.2H/c15-13-9-5-1-2-6-10(9)14(16)12-8-4-3-7-11(12)13;;;/h1-8H;;;. The first kappa shape index (κ1) is 11.4. The molecule has 0 saturated carbocycles. The third kappa shape index (κ3) is 1.54. The molecule has 17 heavy (non-hydrogen) atoms. The molecule has 0 N–H and O–H groups in total. The Labute approximate surface area is 102 Å². The van der Waals surface area contributed by atoms with Gasteiger partial charge in [-0.15, -0.1) is 0 Å². The van der Waals surface area contributed by atoms with Gasteiger partial charge in [-0.2, -0.15) is 0 Å². The Morgan fingerprint density at radius 3 is 1.00 bits per heavy atom. The molecule has 1 aliphatic rings. The molecule has 0 spiro atoms. The Kier molecular flexibility index (Phi) is 2.74. The quantitative estimate of drug-likeness (QED) is 0.537. The monoisotopic (exact) mass is 219 g/mol. The molecule has 2 aromatic carbocycles. The first-order valence-electron chi connectivity index (χ1n) is 5.06. The second-order valence-electron chi connectivity index (χ2n) is 3.75. The van der Waals surface area contributed by atoms with Gasteiger partial charge in [0.2, 0.25) is 0 Å². The van der Waals surface area contributed by atoms with E-state index < -0.39 is 0 Å². The third-order valence-electron chi connectivity index (χ3n) is 2.83. The maximum atomic E-state index is 12.1. The molecule has 3 rings (SSSR count). The van der Waals surface area contributed by atoms with Crippen molar-refractivity contribution in [2.45, 2.75) is 0 Å². The van der Waals surface area contributed by atoms with Crippen LogP contribution in [-0.4, -0.2) is 21.7 Å². The average Bonchev–Trinajstić information content (AvgIpc) is 2.36. The SMILES string of the molecule is O=C1c2ccccc2C(=O)c2ccccc21.[BeH2]. The van der Waals surface area contributed by atoms with E-state index in [2.05, 4.69) is 0 Å². The predicted molar refractivity (Wildman–Crippen MR) is 68.3 cm³/mol. The van der Waals surface area contributed by atoms with Gasteiger partial charge in [0.05, 0.1) is 0 Å². The molecule has 0 atom stereocenters. The molecule has 80 valence electrons. The number of hydrogen-bond donors (Lipinski definition) is 0. The second-order valence-corrected chi connectivity index (χ2v) is 3.75. The van der Waals surface area contributed by atoms with Crippen molar-refractivity contribution in [3.05, 3.63) is 70.8 Å². The van der Waals surface area contributed by atoms with Crippen LogP contribution in [0.4, 0.5) is 0 Å². The summed E-state index contributed by atoms with van der Waals surface area (Å²) in [6.45, 7) is 0. The maximum absolute atomic E-state index is 12.1. The van der Waals surface area contributed by atoms with E-state index in [1.54, 1.807) is 48.5 Å². The fraction of sp³-hybridized carbons (Fsp3) is 0. The molecular formula is C14H10BeO2. The van der Waals surface area contributed by atoms with E-state index in [0.717, 1.165) is 0 Å². The van der Waals surface area contributed by atoms with E-state index in [4.69, 9.17) is 0 Å². The van der Waals surface area contributed by atoms with Crippen LogP contribution in [0.2, 0.25) is 0 Å². The van der Waals surface area contributed by atoms with Crippen LogP contribution in [0.25, 0.3) is 0 Å². The van der Waals surface area contributed by atoms with Crippen molar-refractivity contribution >= 4 is 21.7 Å². The Morgan fingerprint density at radius 1 is 0.529 bits per heavy atom. The molecule has 0 amide bonds. The van der Waals surface area contributed by atoms with Crippen molar-refractivity contribution in [1.29, 1.82) is 0 Å². The number of ketones is 2. The van der Waals surface area contributed by atoms with Gasteiger partial charge in [0.1, 0.15) is 0 Å². The van der Waals surface area contributed by atoms with Gasteiger partial charge in [0, 0.05) is 22.3 Å². The number of rotatable bonds is 0. The average molecular weight is 219 g/mol. The number of carbonyl (C=O) groups is 2. The van der Waals surface area contributed by atoms with Crippen LogP contribution in [0.15, 0.2) is 48.5 Å². The van der Waals surface area contributed by atoms with Crippen LogP contribution in [0.3, 0.4) is 0 Å². The van der Waals surface area contributed by atoms with Gasteiger partial charge in [-0.1, -0.05) is 48.5 Å². The topological polar surface area (TPSA) is 34.1 Å². The predicted octanol–water partition coefficient (Wildman–Crippen LogP) is 1.55. The molecule has 2 nitrogen and oxygen atoms in total. The van der Waals surface area contributed by atoms with E-state index in [1.807, 2.05) is 0 Å². The Balaban J connectivity index is 0.00000108. The summed E-state index contributed by atoms with van der Waals surface area (Å²) in [7, 11) is 0. The minimum atomic E-state index is -0.0641.